The highest BCUT2D eigenvalue weighted by molar-refractivity contribution is 9.10. The lowest BCUT2D eigenvalue weighted by atomic mass is 9.98. The highest BCUT2D eigenvalue weighted by Crippen LogP contribution is 2.32. The molecule has 4 heteroatoms. The monoisotopic (exact) mass is 286 g/mol. The molecule has 0 aromatic heterocycles. The van der Waals surface area contributed by atoms with Crippen molar-refractivity contribution < 1.29 is 14.6 Å². The van der Waals surface area contributed by atoms with Gasteiger partial charge < -0.3 is 9.84 Å². The van der Waals surface area contributed by atoms with E-state index in [2.05, 4.69) is 15.9 Å². The Balaban J connectivity index is 3.25. The van der Waals surface area contributed by atoms with Crippen LogP contribution in [0.3, 0.4) is 0 Å². The number of carboxylic acids is 1. The van der Waals surface area contributed by atoms with E-state index < -0.39 is 11.9 Å². The molecule has 0 saturated heterocycles. The van der Waals surface area contributed by atoms with Gasteiger partial charge in [0.2, 0.25) is 0 Å². The predicted molar refractivity (Wildman–Crippen MR) is 66.1 cm³/mol. The molecule has 0 heterocycles. The topological polar surface area (TPSA) is 46.5 Å². The largest absolute Gasteiger partial charge is 0.496 e. The smallest absolute Gasteiger partial charge is 0.310 e. The summed E-state index contributed by atoms with van der Waals surface area (Å²) >= 11 is 3.44. The molecule has 1 atom stereocenters. The lowest BCUT2D eigenvalue weighted by Crippen LogP contribution is -2.08. The number of carboxylic acid groups (broad SMARTS) is 1. The molecule has 0 aliphatic rings. The molecule has 0 spiro atoms. The van der Waals surface area contributed by atoms with Gasteiger partial charge in [-0.1, -0.05) is 22.9 Å². The van der Waals surface area contributed by atoms with Gasteiger partial charge in [-0.3, -0.25) is 4.79 Å². The predicted octanol–water partition coefficient (Wildman–Crippen LogP) is 3.21. The zero-order valence-corrected chi connectivity index (χ0v) is 11.2. The van der Waals surface area contributed by atoms with Crippen molar-refractivity contribution in [2.45, 2.75) is 26.2 Å². The van der Waals surface area contributed by atoms with Gasteiger partial charge in [0.25, 0.3) is 0 Å². The molecule has 88 valence electrons. The van der Waals surface area contributed by atoms with Gasteiger partial charge in [0.05, 0.1) is 13.0 Å². The number of aliphatic carboxylic acids is 1. The number of hydrogen-bond donors (Lipinski definition) is 1. The molecule has 1 aromatic carbocycles. The Hall–Kier alpha value is -1.03. The van der Waals surface area contributed by atoms with Crippen LogP contribution in [0.25, 0.3) is 0 Å². The molecule has 1 rings (SSSR count). The molecule has 1 N–H and O–H groups in total. The molecule has 0 fully saturated rings. The number of rotatable bonds is 4. The van der Waals surface area contributed by atoms with Crippen molar-refractivity contribution >= 4 is 21.9 Å². The molecule has 3 nitrogen and oxygen atoms in total. The van der Waals surface area contributed by atoms with Crippen molar-refractivity contribution in [3.8, 4) is 5.75 Å². The van der Waals surface area contributed by atoms with Crippen molar-refractivity contribution in [3.05, 3.63) is 27.7 Å². The molecule has 0 aliphatic heterocycles. The molecule has 0 amide bonds. The average molecular weight is 287 g/mol. The minimum absolute atomic E-state index is 0.531. The van der Waals surface area contributed by atoms with Crippen LogP contribution in [0.15, 0.2) is 16.6 Å². The maximum Gasteiger partial charge on any atom is 0.310 e. The zero-order chi connectivity index (χ0) is 12.3. The van der Waals surface area contributed by atoms with E-state index in [1.165, 1.54) is 0 Å². The summed E-state index contributed by atoms with van der Waals surface area (Å²) in [5.41, 5.74) is 1.80. The number of methoxy groups -OCH3 is 1. The van der Waals surface area contributed by atoms with E-state index in [0.29, 0.717) is 0 Å². The number of halogens is 1. The minimum atomic E-state index is -0.835. The first-order valence-corrected chi connectivity index (χ1v) is 5.89. The summed E-state index contributed by atoms with van der Waals surface area (Å²) in [4.78, 5) is 10.9. The second-order valence-electron chi connectivity index (χ2n) is 3.60. The van der Waals surface area contributed by atoms with Crippen LogP contribution in [0.4, 0.5) is 0 Å². The van der Waals surface area contributed by atoms with Crippen LogP contribution in [0.5, 0.6) is 5.75 Å². The van der Waals surface area contributed by atoms with Gasteiger partial charge in [-0.2, -0.15) is 0 Å². The summed E-state index contributed by atoms with van der Waals surface area (Å²) in [5.74, 6) is -0.630. The van der Waals surface area contributed by atoms with Crippen LogP contribution in [0, 0.1) is 0 Å². The van der Waals surface area contributed by atoms with Crippen LogP contribution in [0.1, 0.15) is 30.9 Å². The molecular weight excluding hydrogens is 272 g/mol. The summed E-state index contributed by atoms with van der Waals surface area (Å²) in [6.45, 7) is 3.69. The average Bonchev–Trinajstić information content (AvgIpc) is 2.26. The molecule has 1 aromatic rings. The zero-order valence-electron chi connectivity index (χ0n) is 9.58. The molecule has 1 unspecified atom stereocenters. The van der Waals surface area contributed by atoms with Gasteiger partial charge in [0.1, 0.15) is 5.75 Å². The van der Waals surface area contributed by atoms with E-state index in [-0.39, 0.29) is 0 Å². The Labute approximate surface area is 104 Å². The standard InChI is InChI=1S/C12H15BrO3/c1-4-9-10(13)5-8(6-11(9)16-3)7(2)12(14)15/h5-7H,4H2,1-3H3,(H,14,15). The Kier molecular flexibility index (Phi) is 4.35. The maximum absolute atomic E-state index is 10.9. The van der Waals surface area contributed by atoms with Crippen LogP contribution in [-0.2, 0) is 11.2 Å². The number of benzene rings is 1. The Bertz CT molecular complexity index is 401. The first-order valence-electron chi connectivity index (χ1n) is 5.10. The number of carbonyl (C=O) groups is 1. The fourth-order valence-corrected chi connectivity index (χ4v) is 2.29. The quantitative estimate of drug-likeness (QED) is 0.925. The highest BCUT2D eigenvalue weighted by Gasteiger charge is 2.17. The lowest BCUT2D eigenvalue weighted by Gasteiger charge is -2.14. The third-order valence-electron chi connectivity index (χ3n) is 2.62. The number of hydrogen-bond acceptors (Lipinski definition) is 2. The second kappa shape index (κ2) is 5.34. The fraction of sp³-hybridized carbons (Fsp3) is 0.417. The summed E-state index contributed by atoms with van der Waals surface area (Å²) < 4.78 is 6.17. The minimum Gasteiger partial charge on any atom is -0.496 e. The van der Waals surface area contributed by atoms with E-state index >= 15 is 0 Å². The van der Waals surface area contributed by atoms with Crippen LogP contribution in [-0.4, -0.2) is 18.2 Å². The molecular formula is C12H15BrO3. The van der Waals surface area contributed by atoms with Crippen molar-refractivity contribution in [2.75, 3.05) is 7.11 Å². The van der Waals surface area contributed by atoms with Gasteiger partial charge in [0, 0.05) is 10.0 Å². The van der Waals surface area contributed by atoms with E-state index in [0.717, 1.165) is 27.8 Å². The van der Waals surface area contributed by atoms with Crippen LogP contribution >= 0.6 is 15.9 Å². The van der Waals surface area contributed by atoms with Gasteiger partial charge in [0.15, 0.2) is 0 Å². The summed E-state index contributed by atoms with van der Waals surface area (Å²) in [6, 6.07) is 3.64. The maximum atomic E-state index is 10.9. The van der Waals surface area contributed by atoms with Crippen LogP contribution in [0.2, 0.25) is 0 Å². The van der Waals surface area contributed by atoms with Gasteiger partial charge in [-0.05, 0) is 31.0 Å². The van der Waals surface area contributed by atoms with Crippen LogP contribution < -0.4 is 4.74 Å². The lowest BCUT2D eigenvalue weighted by molar-refractivity contribution is -0.138. The first kappa shape index (κ1) is 13.0. The summed E-state index contributed by atoms with van der Waals surface area (Å²) in [6.07, 6.45) is 0.839. The normalized spacial score (nSPS) is 12.2. The summed E-state index contributed by atoms with van der Waals surface area (Å²) in [7, 11) is 1.59. The van der Waals surface area contributed by atoms with Gasteiger partial charge in [-0.15, -0.1) is 0 Å². The third kappa shape index (κ3) is 2.55. The second-order valence-corrected chi connectivity index (χ2v) is 4.45. The van der Waals surface area contributed by atoms with E-state index in [1.807, 2.05) is 13.0 Å². The first-order chi connectivity index (χ1) is 7.51. The SMILES string of the molecule is CCc1c(Br)cc(C(C)C(=O)O)cc1OC. The van der Waals surface area contributed by atoms with E-state index in [4.69, 9.17) is 9.84 Å². The van der Waals surface area contributed by atoms with Crippen molar-refractivity contribution in [3.63, 3.8) is 0 Å². The molecule has 0 bridgehead atoms. The Morgan fingerprint density at radius 2 is 2.19 bits per heavy atom. The third-order valence-corrected chi connectivity index (χ3v) is 3.33. The van der Waals surface area contributed by atoms with Crippen molar-refractivity contribution in [1.82, 2.24) is 0 Å². The highest BCUT2D eigenvalue weighted by atomic mass is 79.9. The fourth-order valence-electron chi connectivity index (χ4n) is 1.55. The van der Waals surface area contributed by atoms with Crippen molar-refractivity contribution in [1.29, 1.82) is 0 Å². The summed E-state index contributed by atoms with van der Waals surface area (Å²) in [5, 5.41) is 8.96. The molecule has 0 saturated carbocycles. The number of ether oxygens (including phenoxy) is 1. The van der Waals surface area contributed by atoms with Gasteiger partial charge >= 0.3 is 5.97 Å². The molecule has 16 heavy (non-hydrogen) atoms. The van der Waals surface area contributed by atoms with E-state index in [9.17, 15) is 4.79 Å². The van der Waals surface area contributed by atoms with Crippen molar-refractivity contribution in [2.24, 2.45) is 0 Å². The Morgan fingerprint density at radius 1 is 1.56 bits per heavy atom. The molecule has 0 radical (unpaired) electrons. The molecule has 0 aliphatic carbocycles. The Morgan fingerprint density at radius 3 is 2.62 bits per heavy atom. The van der Waals surface area contributed by atoms with Gasteiger partial charge in [-0.25, -0.2) is 0 Å². The van der Waals surface area contributed by atoms with E-state index in [1.54, 1.807) is 20.1 Å².